The molecule has 0 bridgehead atoms. The van der Waals surface area contributed by atoms with Crippen LogP contribution in [0, 0.1) is 17.3 Å². The molecule has 1 nitrogen and oxygen atoms in total. The van der Waals surface area contributed by atoms with Crippen LogP contribution in [0.2, 0.25) is 0 Å². The Morgan fingerprint density at radius 3 is 2.35 bits per heavy atom. The predicted octanol–water partition coefficient (Wildman–Crippen LogP) is 4.62. The summed E-state index contributed by atoms with van der Waals surface area (Å²) >= 11 is 0. The monoisotopic (exact) mass is 239 g/mol. The van der Waals surface area contributed by atoms with Gasteiger partial charge in [-0.1, -0.05) is 53.4 Å². The quantitative estimate of drug-likeness (QED) is 0.586. The van der Waals surface area contributed by atoms with Crippen molar-refractivity contribution in [1.82, 2.24) is 5.32 Å². The summed E-state index contributed by atoms with van der Waals surface area (Å²) in [6, 6.07) is 0. The van der Waals surface area contributed by atoms with Crippen molar-refractivity contribution in [2.75, 3.05) is 13.1 Å². The van der Waals surface area contributed by atoms with Crippen LogP contribution >= 0.6 is 0 Å². The Labute approximate surface area is 109 Å². The first-order valence-corrected chi connectivity index (χ1v) is 7.82. The molecule has 102 valence electrons. The van der Waals surface area contributed by atoms with Gasteiger partial charge in [-0.15, -0.1) is 0 Å². The minimum absolute atomic E-state index is 0.698. The van der Waals surface area contributed by atoms with Crippen LogP contribution in [0.5, 0.6) is 0 Å². The molecule has 0 amide bonds. The second kappa shape index (κ2) is 7.41. The lowest BCUT2D eigenvalue weighted by Gasteiger charge is -2.23. The third-order valence-corrected chi connectivity index (χ3v) is 4.27. The molecule has 1 unspecified atom stereocenters. The maximum atomic E-state index is 3.67. The van der Waals surface area contributed by atoms with Crippen LogP contribution in [0.4, 0.5) is 0 Å². The zero-order chi connectivity index (χ0) is 12.7. The standard InChI is InChI=1S/C16H33N/c1-5-7-8-15(6-2)11-16(9-10-16)13-17-12-14(3)4/h14-15,17H,5-13H2,1-4H3. The second-order valence-corrected chi connectivity index (χ2v) is 6.65. The molecular formula is C16H33N. The Kier molecular flexibility index (Phi) is 6.54. The first-order chi connectivity index (χ1) is 8.12. The van der Waals surface area contributed by atoms with E-state index < -0.39 is 0 Å². The lowest BCUT2D eigenvalue weighted by molar-refractivity contribution is 0.306. The van der Waals surface area contributed by atoms with Gasteiger partial charge in [0.1, 0.15) is 0 Å². The SMILES string of the molecule is CCCCC(CC)CC1(CNCC(C)C)CC1. The average molecular weight is 239 g/mol. The van der Waals surface area contributed by atoms with Gasteiger partial charge < -0.3 is 5.32 Å². The predicted molar refractivity (Wildman–Crippen MR) is 77.3 cm³/mol. The van der Waals surface area contributed by atoms with Crippen molar-refractivity contribution in [3.63, 3.8) is 0 Å². The highest BCUT2D eigenvalue weighted by molar-refractivity contribution is 4.96. The van der Waals surface area contributed by atoms with Crippen LogP contribution in [-0.4, -0.2) is 13.1 Å². The molecule has 1 rings (SSSR count). The molecule has 0 spiro atoms. The molecule has 1 fully saturated rings. The van der Waals surface area contributed by atoms with E-state index in [1.54, 1.807) is 0 Å². The van der Waals surface area contributed by atoms with Gasteiger partial charge in [0.2, 0.25) is 0 Å². The molecule has 1 aliphatic carbocycles. The number of hydrogen-bond donors (Lipinski definition) is 1. The molecule has 1 aliphatic rings. The van der Waals surface area contributed by atoms with Gasteiger partial charge in [0.15, 0.2) is 0 Å². The van der Waals surface area contributed by atoms with Crippen molar-refractivity contribution in [1.29, 1.82) is 0 Å². The van der Waals surface area contributed by atoms with Gasteiger partial charge in [0.25, 0.3) is 0 Å². The molecule has 1 heteroatoms. The molecule has 1 atom stereocenters. The van der Waals surface area contributed by atoms with Crippen molar-refractivity contribution in [3.05, 3.63) is 0 Å². The number of rotatable bonds is 10. The third-order valence-electron chi connectivity index (χ3n) is 4.27. The van der Waals surface area contributed by atoms with Gasteiger partial charge in [-0.25, -0.2) is 0 Å². The van der Waals surface area contributed by atoms with Crippen LogP contribution in [0.25, 0.3) is 0 Å². The van der Waals surface area contributed by atoms with Crippen molar-refractivity contribution in [3.8, 4) is 0 Å². The highest BCUT2D eigenvalue weighted by atomic mass is 14.9. The number of nitrogens with one attached hydrogen (secondary N) is 1. The second-order valence-electron chi connectivity index (χ2n) is 6.65. The van der Waals surface area contributed by atoms with Gasteiger partial charge in [-0.05, 0) is 43.1 Å². The highest BCUT2D eigenvalue weighted by Crippen LogP contribution is 2.51. The van der Waals surface area contributed by atoms with E-state index in [0.29, 0.717) is 5.41 Å². The lowest BCUT2D eigenvalue weighted by atomic mass is 9.86. The Bertz CT molecular complexity index is 194. The molecule has 1 saturated carbocycles. The van der Waals surface area contributed by atoms with Crippen molar-refractivity contribution in [2.45, 2.75) is 72.6 Å². The van der Waals surface area contributed by atoms with Gasteiger partial charge in [0.05, 0.1) is 0 Å². The van der Waals surface area contributed by atoms with Crippen molar-refractivity contribution < 1.29 is 0 Å². The number of unbranched alkanes of at least 4 members (excludes halogenated alkanes) is 1. The first kappa shape index (κ1) is 15.0. The lowest BCUT2D eigenvalue weighted by Crippen LogP contribution is -2.28. The summed E-state index contributed by atoms with van der Waals surface area (Å²) in [4.78, 5) is 0. The first-order valence-electron chi connectivity index (χ1n) is 7.82. The van der Waals surface area contributed by atoms with Gasteiger partial charge in [-0.3, -0.25) is 0 Å². The molecule has 0 aromatic carbocycles. The Morgan fingerprint density at radius 1 is 1.18 bits per heavy atom. The molecule has 0 radical (unpaired) electrons. The largest absolute Gasteiger partial charge is 0.316 e. The minimum atomic E-state index is 0.698. The van der Waals surface area contributed by atoms with Crippen LogP contribution in [-0.2, 0) is 0 Å². The van der Waals surface area contributed by atoms with E-state index in [4.69, 9.17) is 0 Å². The fourth-order valence-corrected chi connectivity index (χ4v) is 2.81. The molecule has 0 heterocycles. The van der Waals surface area contributed by atoms with Crippen molar-refractivity contribution >= 4 is 0 Å². The Hall–Kier alpha value is -0.0400. The summed E-state index contributed by atoms with van der Waals surface area (Å²) in [5, 5.41) is 3.67. The smallest absolute Gasteiger partial charge is 0.000803 e. The summed E-state index contributed by atoms with van der Waals surface area (Å²) in [7, 11) is 0. The summed E-state index contributed by atoms with van der Waals surface area (Å²) < 4.78 is 0. The normalized spacial score (nSPS) is 19.6. The molecule has 0 aromatic heterocycles. The summed E-state index contributed by atoms with van der Waals surface area (Å²) in [5.41, 5.74) is 0.698. The van der Waals surface area contributed by atoms with E-state index in [1.165, 1.54) is 58.0 Å². The third kappa shape index (κ3) is 5.90. The molecule has 17 heavy (non-hydrogen) atoms. The molecule has 0 saturated heterocycles. The maximum Gasteiger partial charge on any atom is 0.000803 e. The minimum Gasteiger partial charge on any atom is -0.316 e. The summed E-state index contributed by atoms with van der Waals surface area (Å²) in [5.74, 6) is 1.77. The van der Waals surface area contributed by atoms with Crippen molar-refractivity contribution in [2.24, 2.45) is 17.3 Å². The van der Waals surface area contributed by atoms with Gasteiger partial charge in [0, 0.05) is 6.54 Å². The van der Waals surface area contributed by atoms with E-state index in [1.807, 2.05) is 0 Å². The number of hydrogen-bond acceptors (Lipinski definition) is 1. The zero-order valence-electron chi connectivity index (χ0n) is 12.5. The van der Waals surface area contributed by atoms with Crippen LogP contribution in [0.3, 0.4) is 0 Å². The van der Waals surface area contributed by atoms with Crippen LogP contribution in [0.1, 0.15) is 72.6 Å². The van der Waals surface area contributed by atoms with Gasteiger partial charge >= 0.3 is 0 Å². The van der Waals surface area contributed by atoms with E-state index in [0.717, 1.165) is 11.8 Å². The molecule has 0 aromatic rings. The molecule has 1 N–H and O–H groups in total. The van der Waals surface area contributed by atoms with Crippen LogP contribution < -0.4 is 5.32 Å². The Morgan fingerprint density at radius 2 is 1.88 bits per heavy atom. The van der Waals surface area contributed by atoms with Crippen LogP contribution in [0.15, 0.2) is 0 Å². The molecule has 0 aliphatic heterocycles. The maximum absolute atomic E-state index is 3.67. The van der Waals surface area contributed by atoms with Gasteiger partial charge in [-0.2, -0.15) is 0 Å². The Balaban J connectivity index is 2.22. The van der Waals surface area contributed by atoms with E-state index in [9.17, 15) is 0 Å². The summed E-state index contributed by atoms with van der Waals surface area (Å²) in [6.07, 6.45) is 10.0. The van der Waals surface area contributed by atoms with E-state index >= 15 is 0 Å². The van der Waals surface area contributed by atoms with E-state index in [-0.39, 0.29) is 0 Å². The zero-order valence-corrected chi connectivity index (χ0v) is 12.5. The molecular weight excluding hydrogens is 206 g/mol. The van der Waals surface area contributed by atoms with E-state index in [2.05, 4.69) is 33.0 Å². The summed E-state index contributed by atoms with van der Waals surface area (Å²) in [6.45, 7) is 11.7. The topological polar surface area (TPSA) is 12.0 Å². The fraction of sp³-hybridized carbons (Fsp3) is 1.00. The fourth-order valence-electron chi connectivity index (χ4n) is 2.81. The average Bonchev–Trinajstić information content (AvgIpc) is 3.04. The highest BCUT2D eigenvalue weighted by Gasteiger charge is 2.42.